The topological polar surface area (TPSA) is 41.9 Å². The van der Waals surface area contributed by atoms with Gasteiger partial charge >= 0.3 is 5.97 Å². The van der Waals surface area contributed by atoms with Gasteiger partial charge in [0.15, 0.2) is 0 Å². The number of aliphatic imine (C=N–C) groups is 1. The molecule has 0 unspecified atom stereocenters. The number of esters is 1. The molecule has 1 aliphatic heterocycles. The Labute approximate surface area is 168 Å². The fraction of sp³-hybridized carbons (Fsp3) is 0.913. The van der Waals surface area contributed by atoms with Crippen molar-refractivity contribution in [3.05, 3.63) is 0 Å². The third-order valence-corrected chi connectivity index (χ3v) is 5.39. The second-order valence-electron chi connectivity index (χ2n) is 7.98. The first-order valence-corrected chi connectivity index (χ1v) is 11.7. The van der Waals surface area contributed by atoms with Gasteiger partial charge in [0.05, 0.1) is 19.4 Å². The maximum absolute atomic E-state index is 11.7. The Morgan fingerprint density at radius 2 is 1.37 bits per heavy atom. The van der Waals surface area contributed by atoms with Crippen molar-refractivity contribution >= 4 is 12.3 Å². The number of rotatable bonds is 19. The summed E-state index contributed by atoms with van der Waals surface area (Å²) in [5.41, 5.74) is 0. The lowest BCUT2D eigenvalue weighted by Gasteiger charge is -2.13. The van der Waals surface area contributed by atoms with Crippen molar-refractivity contribution in [3.63, 3.8) is 0 Å². The molecule has 0 radical (unpaired) electrons. The summed E-state index contributed by atoms with van der Waals surface area (Å²) < 4.78 is 5.28. The van der Waals surface area contributed by atoms with E-state index in [-0.39, 0.29) is 5.97 Å². The summed E-state index contributed by atoms with van der Waals surface area (Å²) in [5.74, 6) is -0.0409. The van der Waals surface area contributed by atoms with Gasteiger partial charge in [0.2, 0.25) is 0 Å². The zero-order chi connectivity index (χ0) is 19.4. The van der Waals surface area contributed by atoms with Crippen molar-refractivity contribution in [1.82, 2.24) is 4.90 Å². The Balaban J connectivity index is 1.71. The number of carbonyl (C=O) groups is 1. The summed E-state index contributed by atoms with van der Waals surface area (Å²) in [6, 6.07) is 0. The third-order valence-electron chi connectivity index (χ3n) is 5.39. The Bertz CT molecular complexity index is 371. The Morgan fingerprint density at radius 3 is 1.85 bits per heavy atom. The summed E-state index contributed by atoms with van der Waals surface area (Å²) in [7, 11) is 0. The SMILES string of the molecule is CCCCCCCCCCCCCCCCCC(=O)OCCN1C=NCC1. The van der Waals surface area contributed by atoms with E-state index in [2.05, 4.69) is 16.8 Å². The highest BCUT2D eigenvalue weighted by molar-refractivity contribution is 5.69. The van der Waals surface area contributed by atoms with E-state index >= 15 is 0 Å². The van der Waals surface area contributed by atoms with Crippen LogP contribution in [0.5, 0.6) is 0 Å². The predicted octanol–water partition coefficient (Wildman–Crippen LogP) is 6.14. The van der Waals surface area contributed by atoms with E-state index < -0.39 is 0 Å². The number of ether oxygens (including phenoxy) is 1. The van der Waals surface area contributed by atoms with Crippen molar-refractivity contribution in [2.75, 3.05) is 26.2 Å². The van der Waals surface area contributed by atoms with Crippen LogP contribution >= 0.6 is 0 Å². The van der Waals surface area contributed by atoms with Gasteiger partial charge in [-0.1, -0.05) is 96.8 Å². The number of nitrogens with zero attached hydrogens (tertiary/aromatic N) is 2. The molecule has 0 N–H and O–H groups in total. The van der Waals surface area contributed by atoms with Gasteiger partial charge in [0, 0.05) is 13.0 Å². The lowest BCUT2D eigenvalue weighted by atomic mass is 10.0. The van der Waals surface area contributed by atoms with Gasteiger partial charge < -0.3 is 9.64 Å². The van der Waals surface area contributed by atoms with Crippen molar-refractivity contribution in [2.24, 2.45) is 4.99 Å². The quantitative estimate of drug-likeness (QED) is 0.200. The molecule has 0 spiro atoms. The number of hydrogen-bond acceptors (Lipinski definition) is 4. The second kappa shape index (κ2) is 18.3. The van der Waals surface area contributed by atoms with Gasteiger partial charge in [-0.05, 0) is 6.42 Å². The minimum atomic E-state index is -0.0409. The van der Waals surface area contributed by atoms with Crippen molar-refractivity contribution < 1.29 is 9.53 Å². The van der Waals surface area contributed by atoms with Crippen LogP contribution in [0.25, 0.3) is 0 Å². The summed E-state index contributed by atoms with van der Waals surface area (Å²) in [4.78, 5) is 17.9. The third kappa shape index (κ3) is 15.7. The molecule has 0 saturated carbocycles. The van der Waals surface area contributed by atoms with Gasteiger partial charge in [-0.2, -0.15) is 0 Å². The van der Waals surface area contributed by atoms with Crippen LogP contribution in [0.15, 0.2) is 4.99 Å². The highest BCUT2D eigenvalue weighted by Crippen LogP contribution is 2.13. The Morgan fingerprint density at radius 1 is 0.852 bits per heavy atom. The monoisotopic (exact) mass is 380 g/mol. The first-order valence-electron chi connectivity index (χ1n) is 11.7. The fourth-order valence-electron chi connectivity index (χ4n) is 3.58. The molecule has 0 amide bonds. The van der Waals surface area contributed by atoms with Crippen LogP contribution < -0.4 is 0 Å². The minimum absolute atomic E-state index is 0.0409. The zero-order valence-electron chi connectivity index (χ0n) is 17.9. The molecule has 0 saturated heterocycles. The van der Waals surface area contributed by atoms with Gasteiger partial charge in [-0.25, -0.2) is 0 Å². The summed E-state index contributed by atoms with van der Waals surface area (Å²) >= 11 is 0. The maximum atomic E-state index is 11.7. The maximum Gasteiger partial charge on any atom is 0.305 e. The lowest BCUT2D eigenvalue weighted by Crippen LogP contribution is -2.25. The smallest absolute Gasteiger partial charge is 0.305 e. The predicted molar refractivity (Wildman–Crippen MR) is 115 cm³/mol. The van der Waals surface area contributed by atoms with Crippen molar-refractivity contribution in [1.29, 1.82) is 0 Å². The molecule has 0 atom stereocenters. The second-order valence-corrected chi connectivity index (χ2v) is 7.98. The summed E-state index contributed by atoms with van der Waals surface area (Å²) in [6.45, 7) is 5.36. The highest BCUT2D eigenvalue weighted by Gasteiger charge is 2.07. The van der Waals surface area contributed by atoms with E-state index in [1.54, 1.807) is 0 Å². The van der Waals surface area contributed by atoms with Gasteiger partial charge in [0.1, 0.15) is 6.61 Å². The van der Waals surface area contributed by atoms with E-state index in [1.807, 2.05) is 6.34 Å². The first kappa shape index (κ1) is 24.0. The van der Waals surface area contributed by atoms with Crippen LogP contribution in [-0.2, 0) is 9.53 Å². The van der Waals surface area contributed by atoms with Gasteiger partial charge in [-0.15, -0.1) is 0 Å². The van der Waals surface area contributed by atoms with Crippen molar-refractivity contribution in [2.45, 2.75) is 110 Å². The van der Waals surface area contributed by atoms with E-state index in [0.717, 1.165) is 32.5 Å². The molecule has 0 aromatic carbocycles. The molecule has 0 aromatic heterocycles. The standard InChI is InChI=1S/C23H44N2O2/c1-2-3-4-5-6-7-8-9-10-11-12-13-14-15-16-17-23(26)27-21-20-25-19-18-24-22-25/h22H,2-21H2,1H3. The van der Waals surface area contributed by atoms with Crippen LogP contribution in [-0.4, -0.2) is 43.4 Å². The van der Waals surface area contributed by atoms with Gasteiger partial charge in [-0.3, -0.25) is 9.79 Å². The molecule has 1 aliphatic rings. The summed E-state index contributed by atoms with van der Waals surface area (Å²) in [6.07, 6.45) is 22.6. The number of carbonyl (C=O) groups excluding carboxylic acids is 1. The molecule has 4 heteroatoms. The van der Waals surface area contributed by atoms with E-state index in [4.69, 9.17) is 4.74 Å². The van der Waals surface area contributed by atoms with Crippen LogP contribution in [0.2, 0.25) is 0 Å². The molecule has 0 aromatic rings. The molecular formula is C23H44N2O2. The molecule has 0 aliphatic carbocycles. The van der Waals surface area contributed by atoms with Crippen LogP contribution in [0.3, 0.4) is 0 Å². The number of unbranched alkanes of at least 4 members (excludes halogenated alkanes) is 14. The molecule has 27 heavy (non-hydrogen) atoms. The molecular weight excluding hydrogens is 336 g/mol. The highest BCUT2D eigenvalue weighted by atomic mass is 16.5. The molecule has 1 heterocycles. The molecule has 4 nitrogen and oxygen atoms in total. The van der Waals surface area contributed by atoms with E-state index in [0.29, 0.717) is 13.0 Å². The van der Waals surface area contributed by atoms with Crippen LogP contribution in [0.1, 0.15) is 110 Å². The Hall–Kier alpha value is -1.06. The molecule has 1 rings (SSSR count). The van der Waals surface area contributed by atoms with Crippen LogP contribution in [0.4, 0.5) is 0 Å². The average Bonchev–Trinajstić information content (AvgIpc) is 3.18. The number of hydrogen-bond donors (Lipinski definition) is 0. The first-order chi connectivity index (χ1) is 13.3. The van der Waals surface area contributed by atoms with Gasteiger partial charge in [0.25, 0.3) is 0 Å². The normalized spacial score (nSPS) is 13.4. The zero-order valence-corrected chi connectivity index (χ0v) is 17.9. The summed E-state index contributed by atoms with van der Waals surface area (Å²) in [5, 5.41) is 0. The Kier molecular flexibility index (Phi) is 16.3. The molecule has 0 fully saturated rings. The van der Waals surface area contributed by atoms with Crippen LogP contribution in [0, 0.1) is 0 Å². The fourth-order valence-corrected chi connectivity index (χ4v) is 3.58. The molecule has 158 valence electrons. The average molecular weight is 381 g/mol. The lowest BCUT2D eigenvalue weighted by molar-refractivity contribution is -0.143. The minimum Gasteiger partial charge on any atom is -0.464 e. The molecule has 0 bridgehead atoms. The van der Waals surface area contributed by atoms with Crippen molar-refractivity contribution in [3.8, 4) is 0 Å². The van der Waals surface area contributed by atoms with E-state index in [9.17, 15) is 4.79 Å². The largest absolute Gasteiger partial charge is 0.464 e. The van der Waals surface area contributed by atoms with E-state index in [1.165, 1.54) is 83.5 Å².